The van der Waals surface area contributed by atoms with Crippen molar-refractivity contribution in [2.75, 3.05) is 40.9 Å². The SMILES string of the molecule is CC\C=C/C=C/C=C/C=C\C=C\C=C\CCCCCC(=O)NC(COP(=O)(O)OCC[N+](C)(C)C)C(/C=C/CCCCCCCCCCC)OC(=O)CCCCCCCCCCC/C=C\C/C=C\CCCCC. The number of allylic oxidation sites excluding steroid dienone is 17. The number of ether oxygens (including phenoxy) is 1. The summed E-state index contributed by atoms with van der Waals surface area (Å²) in [6, 6.07) is -0.879. The van der Waals surface area contributed by atoms with Crippen molar-refractivity contribution in [1.29, 1.82) is 0 Å². The molecular formula is C63H110N2O7P+. The predicted octanol–water partition coefficient (Wildman–Crippen LogP) is 17.8. The number of phosphoric ester groups is 1. The van der Waals surface area contributed by atoms with Crippen molar-refractivity contribution >= 4 is 19.7 Å². The number of carbonyl (C=O) groups is 2. The molecule has 0 aliphatic heterocycles. The summed E-state index contributed by atoms with van der Waals surface area (Å²) in [6.07, 6.45) is 70.8. The van der Waals surface area contributed by atoms with E-state index in [4.69, 9.17) is 13.8 Å². The molecule has 418 valence electrons. The normalized spacial score (nSPS) is 14.6. The number of nitrogens with zero attached hydrogens (tertiary/aromatic N) is 1. The Labute approximate surface area is 449 Å². The van der Waals surface area contributed by atoms with Crippen molar-refractivity contribution in [2.45, 2.75) is 238 Å². The fraction of sp³-hybridized carbons (Fsp3) is 0.683. The number of hydrogen-bond donors (Lipinski definition) is 2. The monoisotopic (exact) mass is 1040 g/mol. The topological polar surface area (TPSA) is 111 Å². The molecule has 0 aromatic rings. The van der Waals surface area contributed by atoms with Crippen LogP contribution < -0.4 is 5.32 Å². The van der Waals surface area contributed by atoms with Gasteiger partial charge in [-0.1, -0.05) is 240 Å². The van der Waals surface area contributed by atoms with Crippen LogP contribution in [0.3, 0.4) is 0 Å². The molecule has 3 unspecified atom stereocenters. The standard InChI is InChI=1S/C63H109N2O7P/c1-7-10-13-16-19-22-25-27-29-31-32-34-36-38-41-44-47-50-53-56-63(67)72-61(54-51-48-45-42-39-24-21-18-15-12-9-3)60(59-71-73(68,69)70-58-57-65(4,5)6)64-62(66)55-52-49-46-43-40-37-35-33-30-28-26-23-20-17-14-11-8-2/h11,14,17,19-20,22-23,26-30,33,35,37,40,51,54,60-61H,7-10,12-13,15-16,18,21,24-25,31-32,34,36,38-39,41-50,52-53,55-59H2,1-6H3,(H-,64,66,68,69)/p+1/b14-11-,20-17+,22-19-,26-23+,29-27-,30-28-,35-33+,40-37+,54-51+. The molecule has 0 fully saturated rings. The van der Waals surface area contributed by atoms with E-state index in [1.807, 2.05) is 94.1 Å². The lowest BCUT2D eigenvalue weighted by Gasteiger charge is -2.27. The number of quaternary nitrogens is 1. The maximum atomic E-state index is 13.5. The highest BCUT2D eigenvalue weighted by Gasteiger charge is 2.30. The van der Waals surface area contributed by atoms with Crippen molar-refractivity contribution in [3.8, 4) is 0 Å². The second-order valence-corrected chi connectivity index (χ2v) is 22.0. The van der Waals surface area contributed by atoms with E-state index in [-0.39, 0.29) is 37.9 Å². The Balaban J connectivity index is 5.38. The number of amides is 1. The lowest BCUT2D eigenvalue weighted by Crippen LogP contribution is -2.47. The molecule has 0 aromatic carbocycles. The molecule has 0 aliphatic rings. The Kier molecular flexibility index (Phi) is 49.7. The molecule has 9 nitrogen and oxygen atoms in total. The summed E-state index contributed by atoms with van der Waals surface area (Å²) in [5.74, 6) is -0.569. The molecule has 0 heterocycles. The molecule has 0 radical (unpaired) electrons. The highest BCUT2D eigenvalue weighted by molar-refractivity contribution is 7.47. The molecule has 10 heteroatoms. The Morgan fingerprint density at radius 3 is 1.47 bits per heavy atom. The van der Waals surface area contributed by atoms with Crippen LogP contribution in [-0.4, -0.2) is 74.3 Å². The van der Waals surface area contributed by atoms with E-state index in [0.29, 0.717) is 17.4 Å². The molecule has 73 heavy (non-hydrogen) atoms. The van der Waals surface area contributed by atoms with Gasteiger partial charge in [-0.3, -0.25) is 18.6 Å². The number of nitrogens with one attached hydrogen (secondary N) is 1. The van der Waals surface area contributed by atoms with Gasteiger partial charge in [-0.05, 0) is 83.1 Å². The Morgan fingerprint density at radius 1 is 0.507 bits per heavy atom. The van der Waals surface area contributed by atoms with Gasteiger partial charge in [-0.25, -0.2) is 4.57 Å². The number of phosphoric acid groups is 1. The minimum Gasteiger partial charge on any atom is -0.456 e. The van der Waals surface area contributed by atoms with Crippen LogP contribution in [0.2, 0.25) is 0 Å². The highest BCUT2D eigenvalue weighted by Crippen LogP contribution is 2.43. The van der Waals surface area contributed by atoms with Gasteiger partial charge in [0.15, 0.2) is 0 Å². The zero-order valence-corrected chi connectivity index (χ0v) is 48.5. The first kappa shape index (κ1) is 69.7. The third-order valence-electron chi connectivity index (χ3n) is 12.4. The maximum absolute atomic E-state index is 13.5. The van der Waals surface area contributed by atoms with Crippen LogP contribution >= 0.6 is 7.82 Å². The van der Waals surface area contributed by atoms with Gasteiger partial charge in [0.25, 0.3) is 0 Å². The van der Waals surface area contributed by atoms with Gasteiger partial charge in [0.1, 0.15) is 19.3 Å². The number of hydrogen-bond acceptors (Lipinski definition) is 6. The van der Waals surface area contributed by atoms with E-state index in [1.54, 1.807) is 0 Å². The number of unbranched alkanes of at least 4 members (excludes halogenated alkanes) is 24. The van der Waals surface area contributed by atoms with Gasteiger partial charge in [-0.2, -0.15) is 0 Å². The van der Waals surface area contributed by atoms with E-state index in [1.165, 1.54) is 103 Å². The van der Waals surface area contributed by atoms with Crippen LogP contribution in [0.15, 0.2) is 109 Å². The maximum Gasteiger partial charge on any atom is 0.472 e. The molecule has 0 saturated heterocycles. The Bertz CT molecular complexity index is 1620. The summed E-state index contributed by atoms with van der Waals surface area (Å²) in [5, 5.41) is 3.02. The zero-order valence-electron chi connectivity index (χ0n) is 47.6. The molecule has 2 N–H and O–H groups in total. The average Bonchev–Trinajstić information content (AvgIpc) is 3.35. The number of rotatable bonds is 51. The van der Waals surface area contributed by atoms with Gasteiger partial charge >= 0.3 is 13.8 Å². The van der Waals surface area contributed by atoms with Gasteiger partial charge in [0.05, 0.1) is 33.8 Å². The van der Waals surface area contributed by atoms with E-state index >= 15 is 0 Å². The van der Waals surface area contributed by atoms with Gasteiger partial charge in [-0.15, -0.1) is 0 Å². The molecule has 0 bridgehead atoms. The largest absolute Gasteiger partial charge is 0.472 e. The Morgan fingerprint density at radius 2 is 0.932 bits per heavy atom. The van der Waals surface area contributed by atoms with Crippen molar-refractivity contribution < 1.29 is 37.3 Å². The van der Waals surface area contributed by atoms with Crippen LogP contribution in [0, 0.1) is 0 Å². The summed E-state index contributed by atoms with van der Waals surface area (Å²) in [6.45, 7) is 6.78. The summed E-state index contributed by atoms with van der Waals surface area (Å²) < 4.78 is 30.6. The molecule has 0 aromatic heterocycles. The van der Waals surface area contributed by atoms with Crippen LogP contribution in [0.25, 0.3) is 0 Å². The van der Waals surface area contributed by atoms with Crippen LogP contribution in [0.4, 0.5) is 0 Å². The van der Waals surface area contributed by atoms with E-state index in [2.05, 4.69) is 62.5 Å². The molecule has 0 saturated carbocycles. The van der Waals surface area contributed by atoms with E-state index in [9.17, 15) is 19.0 Å². The molecule has 1 amide bonds. The molecular weight excluding hydrogens is 928 g/mol. The Hall–Kier alpha value is -3.33. The molecule has 0 rings (SSSR count). The predicted molar refractivity (Wildman–Crippen MR) is 313 cm³/mol. The molecule has 3 atom stereocenters. The average molecular weight is 1040 g/mol. The van der Waals surface area contributed by atoms with Crippen molar-refractivity contribution in [1.82, 2.24) is 5.32 Å². The second-order valence-electron chi connectivity index (χ2n) is 20.6. The fourth-order valence-electron chi connectivity index (χ4n) is 7.82. The van der Waals surface area contributed by atoms with Gasteiger partial charge in [0.2, 0.25) is 5.91 Å². The van der Waals surface area contributed by atoms with Crippen LogP contribution in [-0.2, 0) is 27.9 Å². The lowest BCUT2D eigenvalue weighted by molar-refractivity contribution is -0.870. The van der Waals surface area contributed by atoms with Crippen LogP contribution in [0.5, 0.6) is 0 Å². The number of esters is 1. The fourth-order valence-corrected chi connectivity index (χ4v) is 8.56. The van der Waals surface area contributed by atoms with Gasteiger partial charge < -0.3 is 19.4 Å². The second kappa shape index (κ2) is 52.1. The first-order chi connectivity index (χ1) is 35.4. The van der Waals surface area contributed by atoms with Crippen molar-refractivity contribution in [2.24, 2.45) is 0 Å². The zero-order chi connectivity index (χ0) is 53.6. The van der Waals surface area contributed by atoms with Crippen molar-refractivity contribution in [3.63, 3.8) is 0 Å². The number of carbonyl (C=O) groups excluding carboxylic acids is 2. The third kappa shape index (κ3) is 53.3. The minimum absolute atomic E-state index is 0.0245. The summed E-state index contributed by atoms with van der Waals surface area (Å²) in [4.78, 5) is 37.6. The molecule has 0 spiro atoms. The quantitative estimate of drug-likeness (QED) is 0.0156. The van der Waals surface area contributed by atoms with Crippen molar-refractivity contribution in [3.05, 3.63) is 109 Å². The number of likely N-dealkylation sites (N-methyl/N-ethyl adjacent to an activating group) is 1. The van der Waals surface area contributed by atoms with Crippen LogP contribution in [0.1, 0.15) is 226 Å². The summed E-state index contributed by atoms with van der Waals surface area (Å²) in [5.41, 5.74) is 0. The lowest BCUT2D eigenvalue weighted by atomic mass is 10.1. The van der Waals surface area contributed by atoms with E-state index < -0.39 is 20.0 Å². The third-order valence-corrected chi connectivity index (χ3v) is 13.3. The summed E-state index contributed by atoms with van der Waals surface area (Å²) >= 11 is 0. The highest BCUT2D eigenvalue weighted by atomic mass is 31.2. The smallest absolute Gasteiger partial charge is 0.456 e. The first-order valence-corrected chi connectivity index (χ1v) is 30.8. The minimum atomic E-state index is -4.47. The van der Waals surface area contributed by atoms with Gasteiger partial charge in [0, 0.05) is 12.8 Å². The first-order valence-electron chi connectivity index (χ1n) is 29.3. The molecule has 0 aliphatic carbocycles. The summed E-state index contributed by atoms with van der Waals surface area (Å²) in [7, 11) is 1.44. The van der Waals surface area contributed by atoms with E-state index in [0.717, 1.165) is 83.5 Å².